The molecule has 3 nitrogen and oxygen atoms in total. The summed E-state index contributed by atoms with van der Waals surface area (Å²) in [6, 6.07) is 43.8. The Kier molecular flexibility index (Phi) is 5.54. The molecule has 216 valence electrons. The lowest BCUT2D eigenvalue weighted by atomic mass is 9.55. The van der Waals surface area contributed by atoms with Crippen LogP contribution in [-0.4, -0.2) is 37.0 Å². The maximum absolute atomic E-state index is 4.96. The molecule has 1 spiro atoms. The van der Waals surface area contributed by atoms with Crippen LogP contribution in [0.25, 0.3) is 22.3 Å². The molecule has 2 heterocycles. The van der Waals surface area contributed by atoms with Gasteiger partial charge in [-0.05, 0) is 86.7 Å². The Morgan fingerprint density at radius 2 is 1.18 bits per heavy atom. The second kappa shape index (κ2) is 9.43. The number of nitrogens with zero attached hydrogens (tertiary/aromatic N) is 3. The van der Waals surface area contributed by atoms with Gasteiger partial charge in [0.2, 0.25) is 5.96 Å². The van der Waals surface area contributed by atoms with E-state index < -0.39 is 0 Å². The van der Waals surface area contributed by atoms with Gasteiger partial charge in [0.1, 0.15) is 0 Å². The van der Waals surface area contributed by atoms with E-state index in [-0.39, 0.29) is 10.8 Å². The first kappa shape index (κ1) is 25.8. The zero-order valence-corrected chi connectivity index (χ0v) is 25.6. The van der Waals surface area contributed by atoms with E-state index in [9.17, 15) is 0 Å². The number of rotatable bonds is 2. The lowest BCUT2D eigenvalue weighted by Gasteiger charge is -2.46. The molecule has 44 heavy (non-hydrogen) atoms. The molecular formula is C41H37N3. The smallest absolute Gasteiger partial charge is 0.201 e. The van der Waals surface area contributed by atoms with Crippen molar-refractivity contribution in [2.24, 2.45) is 4.99 Å². The Morgan fingerprint density at radius 3 is 1.95 bits per heavy atom. The highest BCUT2D eigenvalue weighted by Crippen LogP contribution is 2.62. The molecule has 2 aliphatic carbocycles. The number of aliphatic imine (C=N–C) groups is 1. The Morgan fingerprint density at radius 1 is 0.545 bits per heavy atom. The van der Waals surface area contributed by atoms with Gasteiger partial charge in [0.25, 0.3) is 0 Å². The van der Waals surface area contributed by atoms with Gasteiger partial charge in [0, 0.05) is 37.3 Å². The van der Waals surface area contributed by atoms with Crippen molar-refractivity contribution in [3.8, 4) is 22.3 Å². The van der Waals surface area contributed by atoms with Gasteiger partial charge >= 0.3 is 0 Å². The minimum absolute atomic E-state index is 0.0910. The van der Waals surface area contributed by atoms with Gasteiger partial charge in [-0.2, -0.15) is 0 Å². The summed E-state index contributed by atoms with van der Waals surface area (Å²) >= 11 is 0. The molecule has 0 radical (unpaired) electrons. The van der Waals surface area contributed by atoms with Crippen LogP contribution < -0.4 is 4.90 Å². The molecule has 3 heteroatoms. The van der Waals surface area contributed by atoms with Crippen LogP contribution in [-0.2, 0) is 10.8 Å². The molecule has 1 saturated heterocycles. The average Bonchev–Trinajstić information content (AvgIpc) is 3.38. The van der Waals surface area contributed by atoms with E-state index in [1.54, 1.807) is 0 Å². The van der Waals surface area contributed by atoms with Crippen molar-refractivity contribution in [1.82, 2.24) is 4.90 Å². The molecule has 0 N–H and O–H groups in total. The van der Waals surface area contributed by atoms with E-state index in [0.29, 0.717) is 0 Å². The van der Waals surface area contributed by atoms with E-state index in [1.807, 2.05) is 0 Å². The van der Waals surface area contributed by atoms with Gasteiger partial charge in [-0.25, -0.2) is 0 Å². The van der Waals surface area contributed by atoms with Crippen LogP contribution in [0.3, 0.4) is 0 Å². The highest BCUT2D eigenvalue weighted by molar-refractivity contribution is 5.98. The Balaban J connectivity index is 1.27. The first-order valence-corrected chi connectivity index (χ1v) is 16.2. The van der Waals surface area contributed by atoms with Crippen molar-refractivity contribution in [3.05, 3.63) is 149 Å². The number of hydrogen-bond donors (Lipinski definition) is 0. The van der Waals surface area contributed by atoms with Crippen LogP contribution in [0, 0.1) is 0 Å². The second-order valence-corrected chi connectivity index (χ2v) is 13.3. The summed E-state index contributed by atoms with van der Waals surface area (Å²) in [7, 11) is 0. The van der Waals surface area contributed by atoms with Gasteiger partial charge in [-0.3, -0.25) is 4.99 Å². The minimum Gasteiger partial charge on any atom is -0.342 e. The highest BCUT2D eigenvalue weighted by atomic mass is 15.4. The van der Waals surface area contributed by atoms with E-state index in [4.69, 9.17) is 4.99 Å². The van der Waals surface area contributed by atoms with Gasteiger partial charge in [0.05, 0.1) is 5.41 Å². The van der Waals surface area contributed by atoms with Gasteiger partial charge in [0.15, 0.2) is 0 Å². The van der Waals surface area contributed by atoms with E-state index in [0.717, 1.165) is 45.0 Å². The van der Waals surface area contributed by atoms with Crippen molar-refractivity contribution < 1.29 is 0 Å². The van der Waals surface area contributed by atoms with E-state index >= 15 is 0 Å². The Hall–Kier alpha value is -4.63. The first-order valence-electron chi connectivity index (χ1n) is 16.2. The van der Waals surface area contributed by atoms with Crippen molar-refractivity contribution in [3.63, 3.8) is 0 Å². The summed E-state index contributed by atoms with van der Waals surface area (Å²) in [5.74, 6) is 1.15. The maximum atomic E-state index is 4.96. The molecule has 0 atom stereocenters. The molecule has 0 bridgehead atoms. The molecule has 0 unspecified atom stereocenters. The molecule has 1 fully saturated rings. The van der Waals surface area contributed by atoms with Crippen molar-refractivity contribution in [1.29, 1.82) is 0 Å². The predicted octanol–water partition coefficient (Wildman–Crippen LogP) is 8.63. The predicted molar refractivity (Wildman–Crippen MR) is 182 cm³/mol. The van der Waals surface area contributed by atoms with Gasteiger partial charge < -0.3 is 9.80 Å². The van der Waals surface area contributed by atoms with Crippen LogP contribution in [0.5, 0.6) is 0 Å². The summed E-state index contributed by atoms with van der Waals surface area (Å²) < 4.78 is 0. The Labute approximate surface area is 260 Å². The monoisotopic (exact) mass is 571 g/mol. The SMILES string of the molecule is CC1(C)c2ccccc2C2(c3ccccc3-c3ccc(-c4cccc(N5CCCN6CCCN=C65)c4)cc32)c2ccccc21. The average molecular weight is 572 g/mol. The largest absolute Gasteiger partial charge is 0.342 e. The minimum atomic E-state index is -0.369. The molecule has 5 aromatic rings. The summed E-state index contributed by atoms with van der Waals surface area (Å²) in [5, 5.41) is 0. The molecule has 4 aliphatic rings. The molecule has 9 rings (SSSR count). The molecule has 0 saturated carbocycles. The first-order chi connectivity index (χ1) is 21.6. The van der Waals surface area contributed by atoms with E-state index in [2.05, 4.69) is 139 Å². The van der Waals surface area contributed by atoms with E-state index in [1.165, 1.54) is 61.3 Å². The quantitative estimate of drug-likeness (QED) is 0.207. The third-order valence-corrected chi connectivity index (χ3v) is 10.7. The third-order valence-electron chi connectivity index (χ3n) is 10.7. The number of guanidine groups is 1. The number of fused-ring (bicyclic) bond motifs is 10. The number of hydrogen-bond acceptors (Lipinski definition) is 3. The fraction of sp³-hybridized carbons (Fsp3) is 0.244. The third kappa shape index (κ3) is 3.41. The van der Waals surface area contributed by atoms with Gasteiger partial charge in [-0.1, -0.05) is 111 Å². The fourth-order valence-corrected chi connectivity index (χ4v) is 8.77. The topological polar surface area (TPSA) is 18.8 Å². The lowest BCUT2D eigenvalue weighted by Crippen LogP contribution is -2.52. The van der Waals surface area contributed by atoms with Gasteiger partial charge in [-0.15, -0.1) is 0 Å². The molecule has 0 aromatic heterocycles. The highest BCUT2D eigenvalue weighted by Gasteiger charge is 2.53. The van der Waals surface area contributed by atoms with Crippen LogP contribution in [0.15, 0.2) is 120 Å². The number of anilines is 1. The maximum Gasteiger partial charge on any atom is 0.201 e. The fourth-order valence-electron chi connectivity index (χ4n) is 8.77. The lowest BCUT2D eigenvalue weighted by molar-refractivity contribution is 0.360. The summed E-state index contributed by atoms with van der Waals surface area (Å²) in [5.41, 5.74) is 14.4. The van der Waals surface area contributed by atoms with Crippen LogP contribution in [0.2, 0.25) is 0 Å². The molecule has 5 aromatic carbocycles. The second-order valence-electron chi connectivity index (χ2n) is 13.3. The standard InChI is InChI=1S/C41H37N3/c1-40(2)34-16-5-7-18-36(34)41(37-19-8-6-17-35(37)40)33-15-4-3-14-31(33)32-21-20-29(27-38(32)41)28-12-9-13-30(26-28)44-25-11-24-43-23-10-22-42-39(43)44/h3-9,12-21,26-27H,10-11,22-25H2,1-2H3. The molecule has 0 amide bonds. The molecule has 2 aliphatic heterocycles. The zero-order chi connectivity index (χ0) is 29.5. The van der Waals surface area contributed by atoms with Crippen LogP contribution >= 0.6 is 0 Å². The normalized spacial score (nSPS) is 18.5. The zero-order valence-electron chi connectivity index (χ0n) is 25.6. The summed E-state index contributed by atoms with van der Waals surface area (Å²) in [6.45, 7) is 8.95. The van der Waals surface area contributed by atoms with Crippen LogP contribution in [0.4, 0.5) is 5.69 Å². The van der Waals surface area contributed by atoms with Crippen LogP contribution in [0.1, 0.15) is 60.1 Å². The number of benzene rings is 5. The van der Waals surface area contributed by atoms with Crippen molar-refractivity contribution in [2.45, 2.75) is 37.5 Å². The Bertz CT molecular complexity index is 1930. The summed E-state index contributed by atoms with van der Waals surface area (Å²) in [4.78, 5) is 9.87. The van der Waals surface area contributed by atoms with Crippen molar-refractivity contribution in [2.75, 3.05) is 31.1 Å². The molecular weight excluding hydrogens is 534 g/mol. The van der Waals surface area contributed by atoms with Crippen molar-refractivity contribution >= 4 is 11.6 Å². The summed E-state index contributed by atoms with van der Waals surface area (Å²) in [6.07, 6.45) is 2.32.